The fraction of sp³-hybridized carbons (Fsp3) is 0.167. The van der Waals surface area contributed by atoms with Crippen molar-refractivity contribution in [3.05, 3.63) is 93.8 Å². The summed E-state index contributed by atoms with van der Waals surface area (Å²) in [6.45, 7) is 2.02. The van der Waals surface area contributed by atoms with Gasteiger partial charge in [0, 0.05) is 5.56 Å². The van der Waals surface area contributed by atoms with E-state index < -0.39 is 17.5 Å². The molecule has 0 fully saturated rings. The van der Waals surface area contributed by atoms with Gasteiger partial charge < -0.3 is 0 Å². The van der Waals surface area contributed by atoms with E-state index in [9.17, 15) is 13.2 Å². The van der Waals surface area contributed by atoms with Gasteiger partial charge in [0.15, 0.2) is 0 Å². The highest BCUT2D eigenvalue weighted by Crippen LogP contribution is 2.27. The van der Waals surface area contributed by atoms with Crippen LogP contribution in [-0.4, -0.2) is 0 Å². The van der Waals surface area contributed by atoms with Crippen molar-refractivity contribution in [2.24, 2.45) is 10.2 Å². The Bertz CT molecular complexity index is 1110. The van der Waals surface area contributed by atoms with Crippen molar-refractivity contribution < 1.29 is 13.2 Å². The lowest BCUT2D eigenvalue weighted by Gasteiger charge is -2.03. The molecule has 0 aliphatic carbocycles. The van der Waals surface area contributed by atoms with Crippen molar-refractivity contribution >= 4 is 23.0 Å². The van der Waals surface area contributed by atoms with Gasteiger partial charge in [-0.25, -0.2) is 13.2 Å². The van der Waals surface area contributed by atoms with Crippen LogP contribution in [0.3, 0.4) is 0 Å². The van der Waals surface area contributed by atoms with E-state index in [1.54, 1.807) is 24.3 Å². The monoisotopic (exact) mass is 426 g/mol. The van der Waals surface area contributed by atoms with Gasteiger partial charge in [0.2, 0.25) is 0 Å². The Morgan fingerprint density at radius 3 is 2.20 bits per heavy atom. The van der Waals surface area contributed by atoms with Crippen molar-refractivity contribution in [3.63, 3.8) is 0 Å². The fourth-order valence-electron chi connectivity index (χ4n) is 2.69. The predicted octanol–water partition coefficient (Wildman–Crippen LogP) is 7.92. The van der Waals surface area contributed by atoms with Crippen LogP contribution in [-0.2, 0) is 6.42 Å². The second kappa shape index (κ2) is 10.1. The fourth-order valence-corrected chi connectivity index (χ4v) is 2.90. The lowest BCUT2D eigenvalue weighted by atomic mass is 10.0. The molecule has 0 saturated carbocycles. The summed E-state index contributed by atoms with van der Waals surface area (Å²) in [6.07, 6.45) is 2.47. The van der Waals surface area contributed by atoms with Gasteiger partial charge in [0.1, 0.15) is 23.1 Å². The summed E-state index contributed by atoms with van der Waals surface area (Å²) in [7, 11) is 0. The van der Waals surface area contributed by atoms with Gasteiger partial charge in [0.05, 0.1) is 16.3 Å². The molecule has 152 valence electrons. The van der Waals surface area contributed by atoms with Crippen LogP contribution in [0.25, 0.3) is 0 Å². The van der Waals surface area contributed by atoms with Crippen LogP contribution in [0.4, 0.5) is 24.5 Å². The number of hydrogen-bond donors (Lipinski definition) is 0. The number of aryl methyl sites for hydroxylation is 1. The van der Waals surface area contributed by atoms with Crippen LogP contribution in [0.15, 0.2) is 64.8 Å². The number of unbranched alkanes of at least 4 members (excludes halogenated alkanes) is 1. The second-order valence-corrected chi connectivity index (χ2v) is 7.04. The molecule has 0 unspecified atom stereocenters. The molecule has 6 heteroatoms. The van der Waals surface area contributed by atoms with Gasteiger partial charge >= 0.3 is 0 Å². The molecule has 0 heterocycles. The lowest BCUT2D eigenvalue weighted by molar-refractivity contribution is 0.572. The Hall–Kier alpha value is -3.10. The van der Waals surface area contributed by atoms with E-state index in [4.69, 9.17) is 11.6 Å². The van der Waals surface area contributed by atoms with E-state index >= 15 is 0 Å². The zero-order chi connectivity index (χ0) is 21.5. The van der Waals surface area contributed by atoms with Crippen molar-refractivity contribution in [3.8, 4) is 11.8 Å². The van der Waals surface area contributed by atoms with Crippen molar-refractivity contribution in [1.29, 1.82) is 0 Å². The molecule has 0 aliphatic rings. The number of nitrogens with zero attached hydrogens (tertiary/aromatic N) is 2. The molecule has 0 spiro atoms. The Balaban J connectivity index is 1.74. The Morgan fingerprint density at radius 2 is 1.57 bits per heavy atom. The number of hydrogen-bond acceptors (Lipinski definition) is 2. The number of halogens is 4. The van der Waals surface area contributed by atoms with Gasteiger partial charge in [-0.3, -0.25) is 0 Å². The maximum absolute atomic E-state index is 14.2. The average Bonchev–Trinajstić information content (AvgIpc) is 2.72. The average molecular weight is 427 g/mol. The zero-order valence-corrected chi connectivity index (χ0v) is 17.0. The summed E-state index contributed by atoms with van der Waals surface area (Å²) < 4.78 is 41.5. The van der Waals surface area contributed by atoms with Gasteiger partial charge in [-0.15, -0.1) is 5.11 Å². The number of benzene rings is 3. The summed E-state index contributed by atoms with van der Waals surface area (Å²) in [4.78, 5) is 0. The normalized spacial score (nSPS) is 10.8. The van der Waals surface area contributed by atoms with Gasteiger partial charge in [-0.2, -0.15) is 5.11 Å². The highest BCUT2D eigenvalue weighted by molar-refractivity contribution is 6.32. The largest absolute Gasteiger partial charge is 0.207 e. The van der Waals surface area contributed by atoms with Gasteiger partial charge in [-0.05, 0) is 73.0 Å². The van der Waals surface area contributed by atoms with Gasteiger partial charge in [0.25, 0.3) is 0 Å². The van der Waals surface area contributed by atoms with Gasteiger partial charge in [-0.1, -0.05) is 36.8 Å². The zero-order valence-electron chi connectivity index (χ0n) is 16.2. The molecule has 0 amide bonds. The van der Waals surface area contributed by atoms with E-state index in [1.165, 1.54) is 24.3 Å². The Morgan fingerprint density at radius 1 is 0.867 bits per heavy atom. The van der Waals surface area contributed by atoms with Crippen LogP contribution in [0.5, 0.6) is 0 Å². The van der Waals surface area contributed by atoms with Crippen LogP contribution in [0.1, 0.15) is 36.5 Å². The highest BCUT2D eigenvalue weighted by Gasteiger charge is 2.09. The second-order valence-electron chi connectivity index (χ2n) is 6.63. The van der Waals surface area contributed by atoms with Crippen molar-refractivity contribution in [2.45, 2.75) is 26.2 Å². The highest BCUT2D eigenvalue weighted by atomic mass is 35.5. The third-order valence-electron chi connectivity index (χ3n) is 4.30. The topological polar surface area (TPSA) is 24.7 Å². The molecular weight excluding hydrogens is 409 g/mol. The van der Waals surface area contributed by atoms with Crippen LogP contribution in [0, 0.1) is 29.3 Å². The van der Waals surface area contributed by atoms with Crippen molar-refractivity contribution in [2.75, 3.05) is 0 Å². The first-order valence-electron chi connectivity index (χ1n) is 9.43. The summed E-state index contributed by atoms with van der Waals surface area (Å²) in [5.41, 5.74) is 1.83. The lowest BCUT2D eigenvalue weighted by Crippen LogP contribution is -1.95. The van der Waals surface area contributed by atoms with Crippen molar-refractivity contribution in [1.82, 2.24) is 0 Å². The van der Waals surface area contributed by atoms with E-state index in [1.807, 2.05) is 6.92 Å². The molecular formula is C24H18ClF3N2. The maximum atomic E-state index is 14.2. The van der Waals surface area contributed by atoms with E-state index in [-0.39, 0.29) is 10.6 Å². The molecule has 0 atom stereocenters. The predicted molar refractivity (Wildman–Crippen MR) is 113 cm³/mol. The maximum Gasteiger partial charge on any atom is 0.142 e. The minimum atomic E-state index is -0.657. The summed E-state index contributed by atoms with van der Waals surface area (Å²) in [6, 6.07) is 13.2. The summed E-state index contributed by atoms with van der Waals surface area (Å²) in [5.74, 6) is 3.55. The molecule has 0 aliphatic heterocycles. The quantitative estimate of drug-likeness (QED) is 0.292. The van der Waals surface area contributed by atoms with Crippen LogP contribution < -0.4 is 0 Å². The molecule has 3 aromatic carbocycles. The summed E-state index contributed by atoms with van der Waals surface area (Å²) in [5, 5.41) is 8.18. The molecule has 0 bridgehead atoms. The molecule has 0 aromatic heterocycles. The minimum Gasteiger partial charge on any atom is -0.207 e. The van der Waals surface area contributed by atoms with Crippen LogP contribution >= 0.6 is 11.6 Å². The molecule has 0 radical (unpaired) electrons. The van der Waals surface area contributed by atoms with E-state index in [0.717, 1.165) is 18.9 Å². The molecule has 0 saturated heterocycles. The molecule has 3 rings (SSSR count). The van der Waals surface area contributed by atoms with Crippen LogP contribution in [0.2, 0.25) is 5.02 Å². The molecule has 0 N–H and O–H groups in total. The third kappa shape index (κ3) is 5.71. The first-order chi connectivity index (χ1) is 14.5. The molecule has 2 nitrogen and oxygen atoms in total. The first-order valence-corrected chi connectivity index (χ1v) is 9.81. The number of azo groups is 1. The first kappa shape index (κ1) is 21.6. The molecule has 3 aromatic rings. The number of rotatable bonds is 5. The minimum absolute atomic E-state index is 0.158. The standard InChI is InChI=1S/C24H18ClF3N2/c1-2-3-4-17-13-22(27)20(23(28)14-17)11-7-16-5-9-19(10-6-16)29-30-24-12-8-18(26)15-21(24)25/h5-6,8-10,12-15H,2-4H2,1H3. The smallest absolute Gasteiger partial charge is 0.142 e. The summed E-state index contributed by atoms with van der Waals surface area (Å²) >= 11 is 5.91. The molecule has 30 heavy (non-hydrogen) atoms. The Labute approximate surface area is 178 Å². The van der Waals surface area contributed by atoms with E-state index in [2.05, 4.69) is 22.1 Å². The third-order valence-corrected chi connectivity index (χ3v) is 4.61. The SMILES string of the molecule is CCCCc1cc(F)c(C#Cc2ccc(N=Nc3ccc(F)cc3Cl)cc2)c(F)c1. The van der Waals surface area contributed by atoms with E-state index in [0.29, 0.717) is 28.9 Å². The Kier molecular flexibility index (Phi) is 7.26.